The van der Waals surface area contributed by atoms with Gasteiger partial charge in [0.15, 0.2) is 0 Å². The molecule has 25 heavy (non-hydrogen) atoms. The smallest absolute Gasteiger partial charge is 0.277 e. The molecule has 0 atom stereocenters. The standard InChI is InChI=1S/C18H17N3O4/c1-11(23)19-15-9-13(8-12-4-2-3-5-14(12)15)20-16-10-17(24)21(6-7-22)18(16)25/h2-5,8-10,20,22H,6-7H2,1H3,(H,19,23). The predicted octanol–water partition coefficient (Wildman–Crippen LogP) is 1.46. The molecule has 3 N–H and O–H groups in total. The van der Waals surface area contributed by atoms with Crippen LogP contribution in [0.15, 0.2) is 48.2 Å². The molecule has 0 aliphatic carbocycles. The van der Waals surface area contributed by atoms with Gasteiger partial charge in [-0.1, -0.05) is 24.3 Å². The molecule has 0 bridgehead atoms. The molecule has 7 nitrogen and oxygen atoms in total. The van der Waals surface area contributed by atoms with Gasteiger partial charge in [0.1, 0.15) is 5.70 Å². The van der Waals surface area contributed by atoms with Crippen LogP contribution in [0.1, 0.15) is 6.92 Å². The fraction of sp³-hybridized carbons (Fsp3) is 0.167. The van der Waals surface area contributed by atoms with Gasteiger partial charge in [-0.05, 0) is 17.5 Å². The molecule has 0 spiro atoms. The summed E-state index contributed by atoms with van der Waals surface area (Å²) in [4.78, 5) is 36.5. The molecule has 0 saturated heterocycles. The molecule has 3 rings (SSSR count). The molecule has 0 unspecified atom stereocenters. The number of β-amino-alcohol motifs (C(OH)–C–C–N with tert-alkyl or cyclic N) is 1. The molecule has 2 aromatic rings. The predicted molar refractivity (Wildman–Crippen MR) is 93.8 cm³/mol. The van der Waals surface area contributed by atoms with E-state index in [2.05, 4.69) is 10.6 Å². The molecule has 0 fully saturated rings. The van der Waals surface area contributed by atoms with E-state index >= 15 is 0 Å². The van der Waals surface area contributed by atoms with Gasteiger partial charge in [0, 0.05) is 24.1 Å². The maximum atomic E-state index is 12.2. The first-order valence-electron chi connectivity index (χ1n) is 7.75. The van der Waals surface area contributed by atoms with Crippen LogP contribution in [0, 0.1) is 0 Å². The molecule has 1 heterocycles. The third kappa shape index (κ3) is 3.36. The summed E-state index contributed by atoms with van der Waals surface area (Å²) < 4.78 is 0. The lowest BCUT2D eigenvalue weighted by atomic mass is 10.1. The highest BCUT2D eigenvalue weighted by molar-refractivity contribution is 6.17. The molecule has 7 heteroatoms. The second kappa shape index (κ2) is 6.74. The van der Waals surface area contributed by atoms with E-state index in [1.165, 1.54) is 13.0 Å². The van der Waals surface area contributed by atoms with Gasteiger partial charge in [0.2, 0.25) is 5.91 Å². The van der Waals surface area contributed by atoms with Crippen molar-refractivity contribution in [2.24, 2.45) is 0 Å². The van der Waals surface area contributed by atoms with Gasteiger partial charge in [0.25, 0.3) is 11.8 Å². The average molecular weight is 339 g/mol. The molecule has 0 radical (unpaired) electrons. The maximum absolute atomic E-state index is 12.2. The Balaban J connectivity index is 1.94. The van der Waals surface area contributed by atoms with Crippen LogP contribution in [0.4, 0.5) is 11.4 Å². The summed E-state index contributed by atoms with van der Waals surface area (Å²) in [6.45, 7) is 1.08. The second-order valence-electron chi connectivity index (χ2n) is 5.63. The second-order valence-corrected chi connectivity index (χ2v) is 5.63. The number of anilines is 2. The van der Waals surface area contributed by atoms with Crippen LogP contribution in [-0.4, -0.2) is 40.9 Å². The van der Waals surface area contributed by atoms with Crippen LogP contribution >= 0.6 is 0 Å². The molecular weight excluding hydrogens is 322 g/mol. The van der Waals surface area contributed by atoms with Crippen molar-refractivity contribution in [1.82, 2.24) is 4.90 Å². The molecular formula is C18H17N3O4. The zero-order valence-corrected chi connectivity index (χ0v) is 13.6. The van der Waals surface area contributed by atoms with Gasteiger partial charge in [-0.25, -0.2) is 0 Å². The Hall–Kier alpha value is -3.19. The summed E-state index contributed by atoms with van der Waals surface area (Å²) in [6, 6.07) is 11.0. The van der Waals surface area contributed by atoms with Crippen molar-refractivity contribution >= 4 is 39.9 Å². The Labute approximate surface area is 143 Å². The molecule has 2 aromatic carbocycles. The van der Waals surface area contributed by atoms with E-state index in [0.717, 1.165) is 15.7 Å². The van der Waals surface area contributed by atoms with E-state index in [-0.39, 0.29) is 24.8 Å². The van der Waals surface area contributed by atoms with Crippen LogP contribution in [0.5, 0.6) is 0 Å². The lowest BCUT2D eigenvalue weighted by Crippen LogP contribution is -2.34. The van der Waals surface area contributed by atoms with Crippen molar-refractivity contribution < 1.29 is 19.5 Å². The van der Waals surface area contributed by atoms with Crippen molar-refractivity contribution in [2.75, 3.05) is 23.8 Å². The number of benzene rings is 2. The Morgan fingerprint density at radius 1 is 1.20 bits per heavy atom. The Kier molecular flexibility index (Phi) is 4.49. The summed E-state index contributed by atoms with van der Waals surface area (Å²) in [5.74, 6) is -1.17. The lowest BCUT2D eigenvalue weighted by molar-refractivity contribution is -0.137. The highest BCUT2D eigenvalue weighted by Gasteiger charge is 2.30. The molecule has 0 saturated carbocycles. The Morgan fingerprint density at radius 2 is 1.96 bits per heavy atom. The van der Waals surface area contributed by atoms with Crippen LogP contribution in [0.3, 0.4) is 0 Å². The first-order chi connectivity index (χ1) is 12.0. The third-order valence-corrected chi connectivity index (χ3v) is 3.78. The molecule has 1 aliphatic heterocycles. The highest BCUT2D eigenvalue weighted by Crippen LogP contribution is 2.29. The SMILES string of the molecule is CC(=O)Nc1cc(NC2=CC(=O)N(CCO)C2=O)cc2ccccc12. The lowest BCUT2D eigenvalue weighted by Gasteiger charge is -2.15. The minimum Gasteiger partial charge on any atom is -0.395 e. The molecule has 0 aromatic heterocycles. The zero-order chi connectivity index (χ0) is 18.0. The van der Waals surface area contributed by atoms with E-state index in [4.69, 9.17) is 5.11 Å². The third-order valence-electron chi connectivity index (χ3n) is 3.78. The van der Waals surface area contributed by atoms with Crippen LogP contribution < -0.4 is 10.6 Å². The largest absolute Gasteiger partial charge is 0.395 e. The van der Waals surface area contributed by atoms with Crippen molar-refractivity contribution in [3.63, 3.8) is 0 Å². The number of aliphatic hydroxyl groups is 1. The number of fused-ring (bicyclic) bond motifs is 1. The van der Waals surface area contributed by atoms with Crippen LogP contribution in [-0.2, 0) is 14.4 Å². The van der Waals surface area contributed by atoms with Crippen LogP contribution in [0.2, 0.25) is 0 Å². The molecule has 128 valence electrons. The molecule has 1 aliphatic rings. The number of carbonyl (C=O) groups excluding carboxylic acids is 3. The minimum absolute atomic E-state index is 0.0474. The monoisotopic (exact) mass is 339 g/mol. The average Bonchev–Trinajstić information content (AvgIpc) is 2.82. The van der Waals surface area contributed by atoms with Crippen molar-refractivity contribution in [1.29, 1.82) is 0 Å². The highest BCUT2D eigenvalue weighted by atomic mass is 16.3. The topological polar surface area (TPSA) is 98.7 Å². The number of imide groups is 1. The number of rotatable bonds is 5. The fourth-order valence-corrected chi connectivity index (χ4v) is 2.74. The number of carbonyl (C=O) groups is 3. The van der Waals surface area contributed by atoms with Gasteiger partial charge < -0.3 is 15.7 Å². The number of amides is 3. The van der Waals surface area contributed by atoms with Gasteiger partial charge in [-0.15, -0.1) is 0 Å². The van der Waals surface area contributed by atoms with Crippen molar-refractivity contribution in [3.8, 4) is 0 Å². The van der Waals surface area contributed by atoms with Crippen molar-refractivity contribution in [2.45, 2.75) is 6.92 Å². The number of hydrogen-bond donors (Lipinski definition) is 3. The normalized spacial score (nSPS) is 14.0. The number of nitrogens with zero attached hydrogens (tertiary/aromatic N) is 1. The zero-order valence-electron chi connectivity index (χ0n) is 13.6. The summed E-state index contributed by atoms with van der Waals surface area (Å²) in [5, 5.41) is 16.4. The fourth-order valence-electron chi connectivity index (χ4n) is 2.74. The van der Waals surface area contributed by atoms with Gasteiger partial charge >= 0.3 is 0 Å². The maximum Gasteiger partial charge on any atom is 0.277 e. The van der Waals surface area contributed by atoms with E-state index < -0.39 is 11.8 Å². The quantitative estimate of drug-likeness (QED) is 0.716. The first kappa shape index (κ1) is 16.7. The number of nitrogens with one attached hydrogen (secondary N) is 2. The Morgan fingerprint density at radius 3 is 2.68 bits per heavy atom. The van der Waals surface area contributed by atoms with Crippen LogP contribution in [0.25, 0.3) is 10.8 Å². The van der Waals surface area contributed by atoms with E-state index in [9.17, 15) is 14.4 Å². The summed E-state index contributed by atoms with van der Waals surface area (Å²) in [5.41, 5.74) is 1.31. The van der Waals surface area contributed by atoms with E-state index in [1.807, 2.05) is 30.3 Å². The number of aliphatic hydroxyl groups excluding tert-OH is 1. The Bertz CT molecular complexity index is 904. The van der Waals surface area contributed by atoms with Gasteiger partial charge in [-0.3, -0.25) is 19.3 Å². The van der Waals surface area contributed by atoms with E-state index in [0.29, 0.717) is 11.4 Å². The summed E-state index contributed by atoms with van der Waals surface area (Å²) in [6.07, 6.45) is 1.20. The van der Waals surface area contributed by atoms with Crippen molar-refractivity contribution in [3.05, 3.63) is 48.2 Å². The minimum atomic E-state index is -0.492. The van der Waals surface area contributed by atoms with E-state index in [1.54, 1.807) is 6.07 Å². The molecule has 3 amide bonds. The number of hydrogen-bond acceptors (Lipinski definition) is 5. The van der Waals surface area contributed by atoms with Gasteiger partial charge in [0.05, 0.1) is 18.8 Å². The first-order valence-corrected chi connectivity index (χ1v) is 7.75. The van der Waals surface area contributed by atoms with Gasteiger partial charge in [-0.2, -0.15) is 0 Å². The summed E-state index contributed by atoms with van der Waals surface area (Å²) >= 11 is 0. The summed E-state index contributed by atoms with van der Waals surface area (Å²) in [7, 11) is 0.